The lowest BCUT2D eigenvalue weighted by Gasteiger charge is -2.21. The fourth-order valence-corrected chi connectivity index (χ4v) is 1.98. The van der Waals surface area contributed by atoms with E-state index >= 15 is 0 Å². The Kier molecular flexibility index (Phi) is 2.19. The molecule has 0 radical (unpaired) electrons. The van der Waals surface area contributed by atoms with Gasteiger partial charge in [0.1, 0.15) is 0 Å². The summed E-state index contributed by atoms with van der Waals surface area (Å²) in [5.74, 6) is 0. The molecule has 0 amide bonds. The van der Waals surface area contributed by atoms with Crippen LogP contribution in [0.15, 0.2) is 24.3 Å². The van der Waals surface area contributed by atoms with Crippen LogP contribution in [0.3, 0.4) is 0 Å². The van der Waals surface area contributed by atoms with Gasteiger partial charge in [0.05, 0.1) is 0 Å². The van der Waals surface area contributed by atoms with Crippen LogP contribution >= 0.6 is 0 Å². The van der Waals surface area contributed by atoms with Crippen LogP contribution in [-0.4, -0.2) is 10.2 Å². The van der Waals surface area contributed by atoms with Crippen molar-refractivity contribution in [2.75, 3.05) is 0 Å². The Labute approximate surface area is 72.1 Å². The monoisotopic (exact) mass is 164 g/mol. The van der Waals surface area contributed by atoms with Crippen molar-refractivity contribution >= 4 is 10.2 Å². The van der Waals surface area contributed by atoms with Gasteiger partial charge in [0.25, 0.3) is 0 Å². The predicted molar refractivity (Wildman–Crippen MR) is 54.1 cm³/mol. The Bertz CT molecular complexity index is 245. The molecule has 0 spiro atoms. The van der Waals surface area contributed by atoms with Crippen LogP contribution < -0.4 is 0 Å². The Morgan fingerprint density at radius 1 is 1.18 bits per heavy atom. The van der Waals surface area contributed by atoms with Gasteiger partial charge in [-0.15, -0.1) is 0 Å². The Balaban J connectivity index is 3.14. The minimum atomic E-state index is 0.422. The maximum Gasteiger partial charge on any atom is 0.0155 e. The topological polar surface area (TPSA) is 0 Å². The molecule has 0 bridgehead atoms. The SMILES string of the molecule is Cc1ccccc1C(C)(C)[SiH3]. The smallest absolute Gasteiger partial charge is 0.0155 e. The molecule has 0 saturated carbocycles. The summed E-state index contributed by atoms with van der Waals surface area (Å²) in [6.45, 7) is 6.80. The van der Waals surface area contributed by atoms with Gasteiger partial charge in [-0.1, -0.05) is 38.1 Å². The molecule has 1 heteroatoms. The summed E-state index contributed by atoms with van der Waals surface area (Å²) < 4.78 is 0. The molecule has 0 atom stereocenters. The fraction of sp³-hybridized carbons (Fsp3) is 0.400. The second kappa shape index (κ2) is 2.82. The van der Waals surface area contributed by atoms with Crippen molar-refractivity contribution in [3.8, 4) is 0 Å². The van der Waals surface area contributed by atoms with Crippen molar-refractivity contribution in [1.82, 2.24) is 0 Å². The molecule has 0 N–H and O–H groups in total. The highest BCUT2D eigenvalue weighted by atomic mass is 28.1. The second-order valence-corrected chi connectivity index (χ2v) is 6.56. The molecular formula is C10H16Si. The first-order valence-corrected chi connectivity index (χ1v) is 5.08. The van der Waals surface area contributed by atoms with E-state index in [9.17, 15) is 0 Å². The van der Waals surface area contributed by atoms with Crippen LogP contribution in [0, 0.1) is 6.92 Å². The summed E-state index contributed by atoms with van der Waals surface area (Å²) in [5, 5.41) is 0.422. The lowest BCUT2D eigenvalue weighted by Crippen LogP contribution is -2.17. The van der Waals surface area contributed by atoms with Crippen molar-refractivity contribution in [2.24, 2.45) is 0 Å². The quantitative estimate of drug-likeness (QED) is 0.553. The first-order valence-electron chi connectivity index (χ1n) is 4.08. The van der Waals surface area contributed by atoms with Gasteiger partial charge in [-0.05, 0) is 23.1 Å². The highest BCUT2D eigenvalue weighted by Crippen LogP contribution is 2.21. The van der Waals surface area contributed by atoms with Gasteiger partial charge in [-0.25, -0.2) is 0 Å². The minimum Gasteiger partial charge on any atom is -0.0620 e. The average molecular weight is 164 g/mol. The third-order valence-corrected chi connectivity index (χ3v) is 2.49. The van der Waals surface area contributed by atoms with Gasteiger partial charge in [-0.2, -0.15) is 0 Å². The maximum absolute atomic E-state index is 2.31. The van der Waals surface area contributed by atoms with Crippen LogP contribution in [0.25, 0.3) is 0 Å². The summed E-state index contributed by atoms with van der Waals surface area (Å²) in [7, 11) is 1.21. The lowest BCUT2D eigenvalue weighted by molar-refractivity contribution is 0.757. The fourth-order valence-electron chi connectivity index (χ4n) is 1.41. The second-order valence-electron chi connectivity index (χ2n) is 4.06. The van der Waals surface area contributed by atoms with E-state index in [1.54, 1.807) is 0 Å². The molecule has 60 valence electrons. The normalized spacial score (nSPS) is 11.9. The zero-order valence-corrected chi connectivity index (χ0v) is 9.81. The van der Waals surface area contributed by atoms with E-state index in [0.717, 1.165) is 0 Å². The zero-order valence-electron chi connectivity index (χ0n) is 7.81. The highest BCUT2D eigenvalue weighted by molar-refractivity contribution is 6.15. The number of rotatable bonds is 1. The van der Waals surface area contributed by atoms with Gasteiger partial charge in [0.2, 0.25) is 0 Å². The Hall–Kier alpha value is -0.563. The summed E-state index contributed by atoms with van der Waals surface area (Å²) in [5.41, 5.74) is 2.93. The van der Waals surface area contributed by atoms with Crippen molar-refractivity contribution in [3.63, 3.8) is 0 Å². The first kappa shape index (κ1) is 8.53. The molecule has 0 aliphatic rings. The molecule has 1 aromatic carbocycles. The molecule has 0 aromatic heterocycles. The summed E-state index contributed by atoms with van der Waals surface area (Å²) in [6.07, 6.45) is 0. The van der Waals surface area contributed by atoms with Crippen molar-refractivity contribution < 1.29 is 0 Å². The predicted octanol–water partition coefficient (Wildman–Crippen LogP) is 1.60. The third kappa shape index (κ3) is 1.93. The van der Waals surface area contributed by atoms with Crippen molar-refractivity contribution in [2.45, 2.75) is 25.8 Å². The highest BCUT2D eigenvalue weighted by Gasteiger charge is 2.14. The summed E-state index contributed by atoms with van der Waals surface area (Å²) >= 11 is 0. The van der Waals surface area contributed by atoms with E-state index in [1.807, 2.05) is 0 Å². The van der Waals surface area contributed by atoms with Crippen LogP contribution in [0.1, 0.15) is 25.0 Å². The van der Waals surface area contributed by atoms with Crippen LogP contribution in [0.4, 0.5) is 0 Å². The molecule has 0 saturated heterocycles. The first-order chi connectivity index (χ1) is 5.02. The molecular weight excluding hydrogens is 148 g/mol. The van der Waals surface area contributed by atoms with Gasteiger partial charge >= 0.3 is 0 Å². The third-order valence-electron chi connectivity index (χ3n) is 1.95. The van der Waals surface area contributed by atoms with Gasteiger partial charge < -0.3 is 0 Å². The lowest BCUT2D eigenvalue weighted by atomic mass is 9.97. The van der Waals surface area contributed by atoms with Crippen LogP contribution in [0.5, 0.6) is 0 Å². The minimum absolute atomic E-state index is 0.422. The van der Waals surface area contributed by atoms with Crippen LogP contribution in [0.2, 0.25) is 0 Å². The van der Waals surface area contributed by atoms with E-state index < -0.39 is 0 Å². The summed E-state index contributed by atoms with van der Waals surface area (Å²) in [6, 6.07) is 8.66. The number of aryl methyl sites for hydroxylation is 1. The maximum atomic E-state index is 2.31. The largest absolute Gasteiger partial charge is 0.0620 e. The average Bonchev–Trinajstić information content (AvgIpc) is 1.86. The van der Waals surface area contributed by atoms with Gasteiger partial charge in [0.15, 0.2) is 0 Å². The molecule has 0 nitrogen and oxygen atoms in total. The Morgan fingerprint density at radius 3 is 2.09 bits per heavy atom. The Morgan fingerprint density at radius 2 is 1.73 bits per heavy atom. The molecule has 1 rings (SSSR count). The molecule has 0 fully saturated rings. The van der Waals surface area contributed by atoms with Crippen molar-refractivity contribution in [3.05, 3.63) is 35.4 Å². The number of hydrogen-bond donors (Lipinski definition) is 0. The molecule has 0 aliphatic heterocycles. The van der Waals surface area contributed by atoms with Gasteiger partial charge in [-0.3, -0.25) is 0 Å². The molecule has 0 heterocycles. The van der Waals surface area contributed by atoms with Crippen molar-refractivity contribution in [1.29, 1.82) is 0 Å². The summed E-state index contributed by atoms with van der Waals surface area (Å²) in [4.78, 5) is 0. The molecule has 1 aromatic rings. The van der Waals surface area contributed by atoms with Crippen LogP contribution in [-0.2, 0) is 5.04 Å². The standard InChI is InChI=1S/C10H16Si/c1-8-6-4-5-7-9(8)10(2,3)11/h4-7H,1-3,11H3. The van der Waals surface area contributed by atoms with E-state index in [1.165, 1.54) is 21.4 Å². The molecule has 11 heavy (non-hydrogen) atoms. The van der Waals surface area contributed by atoms with Gasteiger partial charge in [0, 0.05) is 10.2 Å². The zero-order chi connectivity index (χ0) is 8.48. The van der Waals surface area contributed by atoms with E-state index in [0.29, 0.717) is 5.04 Å². The van der Waals surface area contributed by atoms with E-state index in [4.69, 9.17) is 0 Å². The van der Waals surface area contributed by atoms with E-state index in [2.05, 4.69) is 45.0 Å². The number of benzene rings is 1. The molecule has 0 aliphatic carbocycles. The van der Waals surface area contributed by atoms with E-state index in [-0.39, 0.29) is 0 Å². The number of hydrogen-bond acceptors (Lipinski definition) is 0. The molecule has 0 unspecified atom stereocenters.